The Labute approximate surface area is 320 Å². The molecule has 1 aromatic heterocycles. The van der Waals surface area contributed by atoms with Gasteiger partial charge in [0.1, 0.15) is 11.2 Å². The number of fused-ring (bicyclic) bond motifs is 4. The van der Waals surface area contributed by atoms with Gasteiger partial charge >= 0.3 is 0 Å². The molecule has 3 heteroatoms. The van der Waals surface area contributed by atoms with E-state index in [0.717, 1.165) is 56.1 Å². The number of rotatable bonds is 8. The predicted molar refractivity (Wildman–Crippen MR) is 231 cm³/mol. The first-order valence-electron chi connectivity index (χ1n) is 18.7. The topological polar surface area (TPSA) is 19.6 Å². The van der Waals surface area contributed by atoms with E-state index >= 15 is 0 Å². The SMILES string of the molecule is c1ccc(-c2ccc(N(c3ccccc3)c3ccc(-c4ccc5ccc(N(c6ccccc6)c6ccc7c(c6)oc6ccccc67)cc5c4)cc3)cc2)cc1. The molecule has 9 aromatic carbocycles. The smallest absolute Gasteiger partial charge is 0.137 e. The van der Waals surface area contributed by atoms with E-state index in [1.54, 1.807) is 0 Å². The van der Waals surface area contributed by atoms with Crippen molar-refractivity contribution < 1.29 is 4.42 Å². The fourth-order valence-corrected chi connectivity index (χ4v) is 7.69. The van der Waals surface area contributed by atoms with Crippen molar-refractivity contribution in [2.45, 2.75) is 0 Å². The molecule has 0 fully saturated rings. The third-order valence-electron chi connectivity index (χ3n) is 10.4. The van der Waals surface area contributed by atoms with Crippen molar-refractivity contribution in [3.8, 4) is 22.3 Å². The molecule has 0 atom stereocenters. The fourth-order valence-electron chi connectivity index (χ4n) is 7.69. The Morgan fingerprint density at radius 1 is 0.255 bits per heavy atom. The van der Waals surface area contributed by atoms with Crippen LogP contribution >= 0.6 is 0 Å². The summed E-state index contributed by atoms with van der Waals surface area (Å²) in [6.07, 6.45) is 0. The van der Waals surface area contributed by atoms with Crippen LogP contribution in [0.5, 0.6) is 0 Å². The highest BCUT2D eigenvalue weighted by Gasteiger charge is 2.17. The Bertz CT molecular complexity index is 2900. The van der Waals surface area contributed by atoms with Gasteiger partial charge in [-0.1, -0.05) is 127 Å². The number of hydrogen-bond donors (Lipinski definition) is 0. The zero-order valence-electron chi connectivity index (χ0n) is 30.1. The van der Waals surface area contributed by atoms with Crippen LogP contribution in [0.4, 0.5) is 34.1 Å². The molecule has 0 aliphatic heterocycles. The quantitative estimate of drug-likeness (QED) is 0.157. The minimum Gasteiger partial charge on any atom is -0.456 e. The molecule has 0 radical (unpaired) electrons. The largest absolute Gasteiger partial charge is 0.456 e. The second kappa shape index (κ2) is 13.9. The number of hydrogen-bond acceptors (Lipinski definition) is 3. The molecule has 0 aliphatic rings. The van der Waals surface area contributed by atoms with E-state index in [-0.39, 0.29) is 0 Å². The lowest BCUT2D eigenvalue weighted by Crippen LogP contribution is -2.09. The normalized spacial score (nSPS) is 11.3. The lowest BCUT2D eigenvalue weighted by atomic mass is 10.00. The highest BCUT2D eigenvalue weighted by atomic mass is 16.3. The monoisotopic (exact) mass is 704 g/mol. The summed E-state index contributed by atoms with van der Waals surface area (Å²) in [6.45, 7) is 0. The Kier molecular flexibility index (Phi) is 8.16. The summed E-state index contributed by atoms with van der Waals surface area (Å²) < 4.78 is 6.31. The van der Waals surface area contributed by atoms with Gasteiger partial charge in [0.15, 0.2) is 0 Å². The van der Waals surface area contributed by atoms with E-state index in [0.29, 0.717) is 0 Å². The molecule has 0 saturated heterocycles. The van der Waals surface area contributed by atoms with Crippen LogP contribution in [-0.2, 0) is 0 Å². The van der Waals surface area contributed by atoms with Gasteiger partial charge in [0.05, 0.1) is 0 Å². The molecule has 0 amide bonds. The molecule has 0 spiro atoms. The van der Waals surface area contributed by atoms with Crippen LogP contribution in [0.1, 0.15) is 0 Å². The molecule has 10 aromatic rings. The van der Waals surface area contributed by atoms with Gasteiger partial charge in [0, 0.05) is 51.0 Å². The lowest BCUT2D eigenvalue weighted by molar-refractivity contribution is 0.669. The minimum absolute atomic E-state index is 0.876. The second-order valence-electron chi connectivity index (χ2n) is 13.8. The molecular weight excluding hydrogens is 669 g/mol. The Hall–Kier alpha value is -7.36. The van der Waals surface area contributed by atoms with Gasteiger partial charge < -0.3 is 14.2 Å². The van der Waals surface area contributed by atoms with Crippen LogP contribution in [0.25, 0.3) is 55.0 Å². The van der Waals surface area contributed by atoms with Crippen LogP contribution in [0, 0.1) is 0 Å². The summed E-state index contributed by atoms with van der Waals surface area (Å²) in [4.78, 5) is 4.62. The molecule has 0 N–H and O–H groups in total. The number of benzene rings is 9. The molecule has 3 nitrogen and oxygen atoms in total. The van der Waals surface area contributed by atoms with Crippen LogP contribution in [0.15, 0.2) is 223 Å². The molecule has 0 unspecified atom stereocenters. The average molecular weight is 705 g/mol. The highest BCUT2D eigenvalue weighted by Crippen LogP contribution is 2.41. The average Bonchev–Trinajstić information content (AvgIpc) is 3.63. The zero-order chi connectivity index (χ0) is 36.6. The van der Waals surface area contributed by atoms with Gasteiger partial charge in [-0.15, -0.1) is 0 Å². The second-order valence-corrected chi connectivity index (χ2v) is 13.8. The molecule has 10 rings (SSSR count). The Balaban J connectivity index is 0.998. The van der Waals surface area contributed by atoms with Crippen LogP contribution < -0.4 is 9.80 Å². The predicted octanol–water partition coefficient (Wildman–Crippen LogP) is 15.0. The van der Waals surface area contributed by atoms with E-state index < -0.39 is 0 Å². The van der Waals surface area contributed by atoms with Crippen molar-refractivity contribution >= 4 is 66.8 Å². The third kappa shape index (κ3) is 6.18. The maximum Gasteiger partial charge on any atom is 0.137 e. The van der Waals surface area contributed by atoms with Gasteiger partial charge in [-0.25, -0.2) is 0 Å². The molecular formula is C52H36N2O. The van der Waals surface area contributed by atoms with E-state index in [9.17, 15) is 0 Å². The molecule has 1 heterocycles. The van der Waals surface area contributed by atoms with Gasteiger partial charge in [-0.05, 0) is 118 Å². The molecule has 55 heavy (non-hydrogen) atoms. The number of para-hydroxylation sites is 3. The van der Waals surface area contributed by atoms with E-state index in [2.05, 4.69) is 216 Å². The van der Waals surface area contributed by atoms with Crippen molar-refractivity contribution in [2.24, 2.45) is 0 Å². The summed E-state index contributed by atoms with van der Waals surface area (Å²) in [5, 5.41) is 4.62. The molecule has 0 bridgehead atoms. The fraction of sp³-hybridized carbons (Fsp3) is 0. The summed E-state index contributed by atoms with van der Waals surface area (Å²) in [5.74, 6) is 0. The molecule has 0 saturated carbocycles. The number of nitrogens with zero attached hydrogens (tertiary/aromatic N) is 2. The number of anilines is 6. The van der Waals surface area contributed by atoms with E-state index in [1.165, 1.54) is 33.0 Å². The Morgan fingerprint density at radius 2 is 0.691 bits per heavy atom. The summed E-state index contributed by atoms with van der Waals surface area (Å²) in [6, 6.07) is 77.6. The Morgan fingerprint density at radius 3 is 1.36 bits per heavy atom. The summed E-state index contributed by atoms with van der Waals surface area (Å²) in [7, 11) is 0. The highest BCUT2D eigenvalue weighted by molar-refractivity contribution is 6.06. The molecule has 0 aliphatic carbocycles. The standard InChI is InChI=1S/C52H36N2O/c1-4-12-37(13-5-1)38-22-27-45(28-23-38)53(43-14-6-2-7-15-43)46-29-24-39(25-30-46)41-21-20-40-26-31-47(35-42(40)34-41)54(44-16-8-3-9-17-44)48-32-33-50-49-18-10-11-19-51(49)55-52(50)36-48/h1-36H. The first-order chi connectivity index (χ1) is 27.2. The zero-order valence-corrected chi connectivity index (χ0v) is 30.1. The maximum atomic E-state index is 6.31. The van der Waals surface area contributed by atoms with Crippen LogP contribution in [0.2, 0.25) is 0 Å². The first kappa shape index (κ1) is 32.3. The van der Waals surface area contributed by atoms with Gasteiger partial charge in [0.2, 0.25) is 0 Å². The first-order valence-corrected chi connectivity index (χ1v) is 18.7. The number of furan rings is 1. The maximum absolute atomic E-state index is 6.31. The van der Waals surface area contributed by atoms with Crippen molar-refractivity contribution in [1.29, 1.82) is 0 Å². The minimum atomic E-state index is 0.876. The molecule has 260 valence electrons. The van der Waals surface area contributed by atoms with Crippen molar-refractivity contribution in [1.82, 2.24) is 0 Å². The van der Waals surface area contributed by atoms with Gasteiger partial charge in [-0.3, -0.25) is 0 Å². The summed E-state index contributed by atoms with van der Waals surface area (Å²) >= 11 is 0. The third-order valence-corrected chi connectivity index (χ3v) is 10.4. The van der Waals surface area contributed by atoms with Gasteiger partial charge in [-0.2, -0.15) is 0 Å². The van der Waals surface area contributed by atoms with E-state index in [1.807, 2.05) is 12.1 Å². The van der Waals surface area contributed by atoms with Crippen LogP contribution in [-0.4, -0.2) is 0 Å². The van der Waals surface area contributed by atoms with Crippen LogP contribution in [0.3, 0.4) is 0 Å². The van der Waals surface area contributed by atoms with E-state index in [4.69, 9.17) is 4.42 Å². The lowest BCUT2D eigenvalue weighted by Gasteiger charge is -2.26. The van der Waals surface area contributed by atoms with Crippen molar-refractivity contribution in [2.75, 3.05) is 9.80 Å². The van der Waals surface area contributed by atoms with Crippen molar-refractivity contribution in [3.63, 3.8) is 0 Å². The summed E-state index contributed by atoms with van der Waals surface area (Å²) in [5.41, 5.74) is 13.1. The van der Waals surface area contributed by atoms with Crippen molar-refractivity contribution in [3.05, 3.63) is 218 Å². The van der Waals surface area contributed by atoms with Gasteiger partial charge in [0.25, 0.3) is 0 Å².